The second kappa shape index (κ2) is 5.36. The van der Waals surface area contributed by atoms with Crippen LogP contribution in [0.2, 0.25) is 0 Å². The fraction of sp³-hybridized carbons (Fsp3) is 0.0526. The molecule has 0 aliphatic heterocycles. The Morgan fingerprint density at radius 2 is 1.50 bits per heavy atom. The van der Waals surface area contributed by atoms with Gasteiger partial charge in [0.1, 0.15) is 5.75 Å². The number of para-hydroxylation sites is 1. The van der Waals surface area contributed by atoms with E-state index >= 15 is 0 Å². The van der Waals surface area contributed by atoms with E-state index < -0.39 is 7.12 Å². The summed E-state index contributed by atoms with van der Waals surface area (Å²) in [7, 11) is -0.948. The molecule has 0 fully saturated rings. The fourth-order valence-corrected chi connectivity index (χ4v) is 3.01. The molecular formula is C19H15BO2. The van der Waals surface area contributed by atoms with Crippen LogP contribution in [0.1, 0.15) is 11.1 Å². The van der Waals surface area contributed by atoms with Crippen molar-refractivity contribution in [1.29, 1.82) is 0 Å². The molecule has 3 heteroatoms. The lowest BCUT2D eigenvalue weighted by Gasteiger charge is -2.11. The van der Waals surface area contributed by atoms with Crippen molar-refractivity contribution in [2.24, 2.45) is 0 Å². The average molecular weight is 286 g/mol. The number of hydrogen-bond donors (Lipinski definition) is 1. The highest BCUT2D eigenvalue weighted by Gasteiger charge is 2.23. The number of benzene rings is 3. The number of rotatable bonds is 3. The maximum absolute atomic E-state index is 10.3. The molecule has 2 nitrogen and oxygen atoms in total. The van der Waals surface area contributed by atoms with Gasteiger partial charge < -0.3 is 9.68 Å². The maximum atomic E-state index is 10.3. The van der Waals surface area contributed by atoms with Crippen molar-refractivity contribution in [3.8, 4) is 16.9 Å². The lowest BCUT2D eigenvalue weighted by Crippen LogP contribution is -2.36. The van der Waals surface area contributed by atoms with Crippen molar-refractivity contribution in [1.82, 2.24) is 0 Å². The van der Waals surface area contributed by atoms with Crippen LogP contribution in [0.25, 0.3) is 11.1 Å². The lowest BCUT2D eigenvalue weighted by molar-refractivity contribution is 0.432. The monoisotopic (exact) mass is 286 g/mol. The summed E-state index contributed by atoms with van der Waals surface area (Å²) in [4.78, 5) is 0. The first-order valence-corrected chi connectivity index (χ1v) is 7.42. The first-order valence-electron chi connectivity index (χ1n) is 7.42. The van der Waals surface area contributed by atoms with Gasteiger partial charge in [-0.3, -0.25) is 0 Å². The molecule has 22 heavy (non-hydrogen) atoms. The van der Waals surface area contributed by atoms with Gasteiger partial charge in [-0.15, -0.1) is 0 Å². The molecule has 1 N–H and O–H groups in total. The Balaban J connectivity index is 1.62. The summed E-state index contributed by atoms with van der Waals surface area (Å²) in [6.45, 7) is 0. The minimum absolute atomic E-state index is 0.666. The quantitative estimate of drug-likeness (QED) is 0.587. The molecule has 3 aromatic rings. The summed E-state index contributed by atoms with van der Waals surface area (Å²) in [6, 6.07) is 23.9. The standard InChI is InChI=1S/C19H15BO2/c21-20(22-17-7-2-1-3-8-17)16-10-11-19-15(13-16)12-14-6-4-5-9-18(14)19/h1-11,13,21H,12H2. The van der Waals surface area contributed by atoms with E-state index in [0.29, 0.717) is 5.75 Å². The van der Waals surface area contributed by atoms with Crippen LogP contribution >= 0.6 is 0 Å². The van der Waals surface area contributed by atoms with E-state index in [-0.39, 0.29) is 0 Å². The van der Waals surface area contributed by atoms with E-state index in [4.69, 9.17) is 4.65 Å². The van der Waals surface area contributed by atoms with Crippen molar-refractivity contribution in [3.05, 3.63) is 83.9 Å². The second-order valence-corrected chi connectivity index (χ2v) is 5.53. The highest BCUT2D eigenvalue weighted by molar-refractivity contribution is 6.60. The summed E-state index contributed by atoms with van der Waals surface area (Å²) in [5.74, 6) is 0.666. The molecule has 3 aromatic carbocycles. The molecule has 0 aromatic heterocycles. The molecule has 106 valence electrons. The Bertz CT molecular complexity index is 815. The van der Waals surface area contributed by atoms with Gasteiger partial charge in [-0.05, 0) is 46.3 Å². The maximum Gasteiger partial charge on any atom is 0.560 e. The molecule has 0 unspecified atom stereocenters. The van der Waals surface area contributed by atoms with E-state index in [9.17, 15) is 5.02 Å². The van der Waals surface area contributed by atoms with Crippen LogP contribution in [0.4, 0.5) is 0 Å². The van der Waals surface area contributed by atoms with E-state index in [1.807, 2.05) is 42.5 Å². The summed E-state index contributed by atoms with van der Waals surface area (Å²) >= 11 is 0. The predicted molar refractivity (Wildman–Crippen MR) is 89.4 cm³/mol. The summed E-state index contributed by atoms with van der Waals surface area (Å²) < 4.78 is 5.59. The SMILES string of the molecule is OB(Oc1ccccc1)c1ccc2c(c1)Cc1ccccc1-2. The molecule has 1 aliphatic carbocycles. The molecule has 0 saturated heterocycles. The largest absolute Gasteiger partial charge is 0.560 e. The molecule has 0 spiro atoms. The van der Waals surface area contributed by atoms with Crippen molar-refractivity contribution in [2.45, 2.75) is 6.42 Å². The van der Waals surface area contributed by atoms with E-state index in [0.717, 1.165) is 11.9 Å². The predicted octanol–water partition coefficient (Wildman–Crippen LogP) is 3.02. The van der Waals surface area contributed by atoms with E-state index in [2.05, 4.69) is 30.3 Å². The molecule has 0 amide bonds. The minimum Gasteiger partial charge on any atom is -0.532 e. The molecule has 0 atom stereocenters. The van der Waals surface area contributed by atoms with Crippen molar-refractivity contribution in [3.63, 3.8) is 0 Å². The summed E-state index contributed by atoms with van der Waals surface area (Å²) in [5, 5.41) is 10.3. The first kappa shape index (κ1) is 13.2. The number of hydrogen-bond acceptors (Lipinski definition) is 2. The van der Waals surface area contributed by atoms with Gasteiger partial charge in [0.05, 0.1) is 0 Å². The van der Waals surface area contributed by atoms with Crippen LogP contribution in [0, 0.1) is 0 Å². The zero-order valence-electron chi connectivity index (χ0n) is 12.1. The van der Waals surface area contributed by atoms with Crippen LogP contribution in [-0.4, -0.2) is 12.1 Å². The van der Waals surface area contributed by atoms with E-state index in [1.165, 1.54) is 22.3 Å². The Labute approximate surface area is 130 Å². The number of fused-ring (bicyclic) bond motifs is 3. The smallest absolute Gasteiger partial charge is 0.532 e. The van der Waals surface area contributed by atoms with Crippen LogP contribution in [0.5, 0.6) is 5.75 Å². The molecular weight excluding hydrogens is 271 g/mol. The third-order valence-corrected chi connectivity index (χ3v) is 4.09. The van der Waals surface area contributed by atoms with Gasteiger partial charge in [-0.1, -0.05) is 60.7 Å². The molecule has 0 heterocycles. The topological polar surface area (TPSA) is 29.5 Å². The van der Waals surface area contributed by atoms with Crippen molar-refractivity contribution in [2.75, 3.05) is 0 Å². The molecule has 0 radical (unpaired) electrons. The Kier molecular flexibility index (Phi) is 3.21. The van der Waals surface area contributed by atoms with Gasteiger partial charge in [0.2, 0.25) is 0 Å². The summed E-state index contributed by atoms with van der Waals surface area (Å²) in [5.41, 5.74) is 5.92. The van der Waals surface area contributed by atoms with Crippen molar-refractivity contribution >= 4 is 12.6 Å². The highest BCUT2D eigenvalue weighted by Crippen LogP contribution is 2.35. The highest BCUT2D eigenvalue weighted by atomic mass is 16.5. The fourth-order valence-electron chi connectivity index (χ4n) is 3.01. The Morgan fingerprint density at radius 1 is 0.773 bits per heavy atom. The first-order chi connectivity index (χ1) is 10.8. The molecule has 0 saturated carbocycles. The van der Waals surface area contributed by atoms with Crippen LogP contribution in [0.15, 0.2) is 72.8 Å². The molecule has 0 bridgehead atoms. The normalized spacial score (nSPS) is 11.7. The Morgan fingerprint density at radius 3 is 2.36 bits per heavy atom. The van der Waals surface area contributed by atoms with Crippen LogP contribution in [0.3, 0.4) is 0 Å². The Hall–Kier alpha value is -2.52. The van der Waals surface area contributed by atoms with Gasteiger partial charge in [0.15, 0.2) is 0 Å². The van der Waals surface area contributed by atoms with Gasteiger partial charge >= 0.3 is 7.12 Å². The lowest BCUT2D eigenvalue weighted by atomic mass is 9.78. The van der Waals surface area contributed by atoms with Gasteiger partial charge in [0, 0.05) is 0 Å². The zero-order valence-corrected chi connectivity index (χ0v) is 12.1. The van der Waals surface area contributed by atoms with Gasteiger partial charge in [-0.2, -0.15) is 0 Å². The summed E-state index contributed by atoms with van der Waals surface area (Å²) in [6.07, 6.45) is 0.914. The molecule has 4 rings (SSSR count). The van der Waals surface area contributed by atoms with Crippen molar-refractivity contribution < 1.29 is 9.68 Å². The minimum atomic E-state index is -0.948. The second-order valence-electron chi connectivity index (χ2n) is 5.53. The third kappa shape index (κ3) is 2.30. The average Bonchev–Trinajstić information content (AvgIpc) is 2.93. The van der Waals surface area contributed by atoms with E-state index in [1.54, 1.807) is 0 Å². The van der Waals surface area contributed by atoms with Gasteiger partial charge in [0.25, 0.3) is 0 Å². The van der Waals surface area contributed by atoms with Crippen LogP contribution in [-0.2, 0) is 6.42 Å². The third-order valence-electron chi connectivity index (χ3n) is 4.09. The molecule has 1 aliphatic rings. The zero-order chi connectivity index (χ0) is 14.9. The van der Waals surface area contributed by atoms with Gasteiger partial charge in [-0.25, -0.2) is 0 Å². The van der Waals surface area contributed by atoms with Crippen LogP contribution < -0.4 is 10.1 Å².